The third kappa shape index (κ3) is 5.71. The number of ether oxygens (including phenoxy) is 1. The van der Waals surface area contributed by atoms with Crippen LogP contribution in [0.4, 0.5) is 4.79 Å². The first-order valence-electron chi connectivity index (χ1n) is 9.53. The summed E-state index contributed by atoms with van der Waals surface area (Å²) in [6.07, 6.45) is 3.63. The molecule has 1 aromatic rings. The summed E-state index contributed by atoms with van der Waals surface area (Å²) in [7, 11) is 1.74. The van der Waals surface area contributed by atoms with Crippen LogP contribution in [0.25, 0.3) is 0 Å². The molecule has 2 aliphatic rings. The largest absolute Gasteiger partial charge is 0.444 e. The van der Waals surface area contributed by atoms with Crippen molar-refractivity contribution in [2.24, 2.45) is 4.99 Å². The van der Waals surface area contributed by atoms with Crippen molar-refractivity contribution in [3.63, 3.8) is 0 Å². The fourth-order valence-electron chi connectivity index (χ4n) is 3.87. The van der Waals surface area contributed by atoms with Crippen molar-refractivity contribution < 1.29 is 14.1 Å². The van der Waals surface area contributed by atoms with Gasteiger partial charge in [0.15, 0.2) is 11.8 Å². The first-order valence-corrected chi connectivity index (χ1v) is 9.53. The number of hydrogen-bond acceptors (Lipinski definition) is 6. The number of hydrogen-bond donors (Lipinski definition) is 2. The van der Waals surface area contributed by atoms with E-state index in [9.17, 15) is 4.79 Å². The van der Waals surface area contributed by atoms with Gasteiger partial charge in [0.1, 0.15) is 5.60 Å². The van der Waals surface area contributed by atoms with Gasteiger partial charge in [0.2, 0.25) is 5.89 Å². The van der Waals surface area contributed by atoms with Crippen LogP contribution in [-0.4, -0.2) is 57.9 Å². The molecular weight excluding hydrogens is 475 g/mol. The van der Waals surface area contributed by atoms with Crippen LogP contribution >= 0.6 is 24.0 Å². The number of aliphatic imine (C=N–C) groups is 1. The summed E-state index contributed by atoms with van der Waals surface area (Å²) in [4.78, 5) is 22.9. The van der Waals surface area contributed by atoms with Gasteiger partial charge in [0, 0.05) is 32.1 Å². The monoisotopic (exact) mass is 506 g/mol. The highest BCUT2D eigenvalue weighted by molar-refractivity contribution is 14.0. The zero-order valence-corrected chi connectivity index (χ0v) is 19.5. The number of nitrogens with zero attached hydrogens (tertiary/aromatic N) is 4. The lowest BCUT2D eigenvalue weighted by Gasteiger charge is -2.40. The molecule has 10 heteroatoms. The number of piperidine rings is 1. The normalized spacial score (nSPS) is 24.5. The minimum Gasteiger partial charge on any atom is -0.444 e. The smallest absolute Gasteiger partial charge is 0.410 e. The molecule has 0 aromatic carbocycles. The average molecular weight is 506 g/mol. The van der Waals surface area contributed by atoms with Gasteiger partial charge in [-0.3, -0.25) is 4.99 Å². The third-order valence-electron chi connectivity index (χ3n) is 4.89. The lowest BCUT2D eigenvalue weighted by molar-refractivity contribution is 0.00545. The standard InChI is InChI=1S/C18H30N6O3.HI/c1-11-21-15(23-27-11)10-20-16(19-5)22-12-8-13-6-7-14(9-12)24(13)17(25)26-18(2,3)4;/h12-14H,6-10H2,1-5H3,(H2,19,20,22);1H. The molecule has 2 saturated heterocycles. The zero-order chi connectivity index (χ0) is 19.6. The summed E-state index contributed by atoms with van der Waals surface area (Å²) in [5.41, 5.74) is -0.467. The van der Waals surface area contributed by atoms with Gasteiger partial charge >= 0.3 is 6.09 Å². The summed E-state index contributed by atoms with van der Waals surface area (Å²) in [6.45, 7) is 7.92. The minimum absolute atomic E-state index is 0. The van der Waals surface area contributed by atoms with Gasteiger partial charge in [0.05, 0.1) is 6.54 Å². The summed E-state index contributed by atoms with van der Waals surface area (Å²) in [5, 5.41) is 10.5. The van der Waals surface area contributed by atoms with Crippen molar-refractivity contribution in [2.75, 3.05) is 7.05 Å². The van der Waals surface area contributed by atoms with Crippen LogP contribution in [0.1, 0.15) is 58.2 Å². The summed E-state index contributed by atoms with van der Waals surface area (Å²) in [6, 6.07) is 0.697. The highest BCUT2D eigenvalue weighted by atomic mass is 127. The van der Waals surface area contributed by atoms with Crippen LogP contribution in [0.3, 0.4) is 0 Å². The number of nitrogens with one attached hydrogen (secondary N) is 2. The molecule has 0 aliphatic carbocycles. The average Bonchev–Trinajstić information content (AvgIpc) is 3.11. The summed E-state index contributed by atoms with van der Waals surface area (Å²) in [5.74, 6) is 1.84. The molecule has 1 aromatic heterocycles. The molecule has 2 bridgehead atoms. The van der Waals surface area contributed by atoms with Crippen LogP contribution in [-0.2, 0) is 11.3 Å². The predicted octanol–water partition coefficient (Wildman–Crippen LogP) is 2.59. The number of fused-ring (bicyclic) bond motifs is 2. The number of guanidine groups is 1. The molecule has 1 amide bonds. The fraction of sp³-hybridized carbons (Fsp3) is 0.778. The lowest BCUT2D eigenvalue weighted by atomic mass is 9.98. The van der Waals surface area contributed by atoms with E-state index >= 15 is 0 Å². The zero-order valence-electron chi connectivity index (χ0n) is 17.2. The van der Waals surface area contributed by atoms with E-state index < -0.39 is 5.60 Å². The van der Waals surface area contributed by atoms with Crippen molar-refractivity contribution in [2.45, 2.75) is 83.6 Å². The molecule has 3 heterocycles. The van der Waals surface area contributed by atoms with Gasteiger partial charge in [-0.2, -0.15) is 4.98 Å². The molecule has 9 nitrogen and oxygen atoms in total. The molecule has 2 N–H and O–H groups in total. The Kier molecular flexibility index (Phi) is 7.52. The predicted molar refractivity (Wildman–Crippen MR) is 116 cm³/mol. The van der Waals surface area contributed by atoms with Crippen LogP contribution in [0.15, 0.2) is 9.52 Å². The van der Waals surface area contributed by atoms with Gasteiger partial charge < -0.3 is 24.8 Å². The Balaban J connectivity index is 0.00000280. The number of amides is 1. The maximum absolute atomic E-state index is 12.5. The summed E-state index contributed by atoms with van der Waals surface area (Å²) < 4.78 is 10.6. The van der Waals surface area contributed by atoms with Gasteiger partial charge in [-0.05, 0) is 46.5 Å². The van der Waals surface area contributed by atoms with Gasteiger partial charge in [-0.1, -0.05) is 5.16 Å². The molecule has 2 fully saturated rings. The van der Waals surface area contributed by atoms with Crippen molar-refractivity contribution in [3.05, 3.63) is 11.7 Å². The van der Waals surface area contributed by atoms with E-state index in [4.69, 9.17) is 9.26 Å². The maximum Gasteiger partial charge on any atom is 0.410 e. The number of carbonyl (C=O) groups is 1. The van der Waals surface area contributed by atoms with E-state index in [1.165, 1.54) is 0 Å². The first kappa shape index (κ1) is 22.7. The highest BCUT2D eigenvalue weighted by Gasteiger charge is 2.45. The molecule has 2 aliphatic heterocycles. The molecule has 0 radical (unpaired) electrons. The number of carbonyl (C=O) groups excluding carboxylic acids is 1. The second-order valence-corrected chi connectivity index (χ2v) is 8.24. The Morgan fingerprint density at radius 3 is 2.46 bits per heavy atom. The SMILES string of the molecule is CN=C(NCc1noc(C)n1)NC1CC2CCC(C1)N2C(=O)OC(C)(C)C.I. The van der Waals surface area contributed by atoms with Crippen molar-refractivity contribution >= 4 is 36.0 Å². The topological polar surface area (TPSA) is 105 Å². The van der Waals surface area contributed by atoms with E-state index in [1.54, 1.807) is 14.0 Å². The van der Waals surface area contributed by atoms with E-state index in [-0.39, 0.29) is 48.2 Å². The third-order valence-corrected chi connectivity index (χ3v) is 4.89. The maximum atomic E-state index is 12.5. The Bertz CT molecular complexity index is 688. The molecule has 0 spiro atoms. The second kappa shape index (κ2) is 9.27. The molecule has 2 atom stereocenters. The molecule has 158 valence electrons. The van der Waals surface area contributed by atoms with Crippen LogP contribution < -0.4 is 10.6 Å². The Labute approximate surface area is 183 Å². The summed E-state index contributed by atoms with van der Waals surface area (Å²) >= 11 is 0. The molecule has 28 heavy (non-hydrogen) atoms. The van der Waals surface area contributed by atoms with Crippen LogP contribution in [0.5, 0.6) is 0 Å². The van der Waals surface area contributed by atoms with E-state index in [2.05, 4.69) is 25.8 Å². The molecule has 0 saturated carbocycles. The molecule has 3 rings (SSSR count). The number of halogens is 1. The Hall–Kier alpha value is -1.59. The Morgan fingerprint density at radius 1 is 1.32 bits per heavy atom. The van der Waals surface area contributed by atoms with Crippen LogP contribution in [0.2, 0.25) is 0 Å². The van der Waals surface area contributed by atoms with E-state index in [0.717, 1.165) is 25.7 Å². The number of aryl methyl sites for hydroxylation is 1. The quantitative estimate of drug-likeness (QED) is 0.369. The van der Waals surface area contributed by atoms with E-state index in [0.29, 0.717) is 24.2 Å². The van der Waals surface area contributed by atoms with E-state index in [1.807, 2.05) is 25.7 Å². The number of rotatable bonds is 3. The van der Waals surface area contributed by atoms with Crippen molar-refractivity contribution in [1.82, 2.24) is 25.7 Å². The Morgan fingerprint density at radius 2 is 1.96 bits per heavy atom. The second-order valence-electron chi connectivity index (χ2n) is 8.24. The highest BCUT2D eigenvalue weighted by Crippen LogP contribution is 2.36. The fourth-order valence-corrected chi connectivity index (χ4v) is 3.87. The van der Waals surface area contributed by atoms with Crippen molar-refractivity contribution in [1.29, 1.82) is 0 Å². The van der Waals surface area contributed by atoms with Gasteiger partial charge in [-0.15, -0.1) is 24.0 Å². The van der Waals surface area contributed by atoms with Gasteiger partial charge in [0.25, 0.3) is 0 Å². The van der Waals surface area contributed by atoms with Crippen molar-refractivity contribution in [3.8, 4) is 0 Å². The number of aromatic nitrogens is 2. The minimum atomic E-state index is -0.467. The van der Waals surface area contributed by atoms with Crippen LogP contribution in [0, 0.1) is 6.92 Å². The van der Waals surface area contributed by atoms with Gasteiger partial charge in [-0.25, -0.2) is 4.79 Å². The molecule has 2 unspecified atom stereocenters. The lowest BCUT2D eigenvalue weighted by Crippen LogP contribution is -2.54. The first-order chi connectivity index (χ1) is 12.7. The molecular formula is C18H31IN6O3.